The molecule has 3 amide bonds. The van der Waals surface area contributed by atoms with E-state index in [0.717, 1.165) is 11.3 Å². The molecule has 3 N–H and O–H groups in total. The Balaban J connectivity index is 2.10. The van der Waals surface area contributed by atoms with Gasteiger partial charge in [0.05, 0.1) is 5.69 Å². The van der Waals surface area contributed by atoms with Crippen LogP contribution >= 0.6 is 27.5 Å². The van der Waals surface area contributed by atoms with Gasteiger partial charge in [0.1, 0.15) is 0 Å². The molecule has 0 saturated carbocycles. The minimum Gasteiger partial charge on any atom is -0.359 e. The van der Waals surface area contributed by atoms with Crippen LogP contribution in [-0.2, 0) is 10.5 Å². The van der Waals surface area contributed by atoms with Crippen LogP contribution < -0.4 is 15.5 Å². The number of hydrogen-bond donors (Lipinski definition) is 3. The topological polar surface area (TPSA) is 81.7 Å². The van der Waals surface area contributed by atoms with Crippen LogP contribution in [0.5, 0.6) is 0 Å². The van der Waals surface area contributed by atoms with Gasteiger partial charge in [-0.25, -0.2) is 4.79 Å². The highest BCUT2D eigenvalue weighted by molar-refractivity contribution is 9.10. The van der Waals surface area contributed by atoms with Crippen molar-refractivity contribution in [2.24, 2.45) is 5.92 Å². The fourth-order valence-corrected chi connectivity index (χ4v) is 3.56. The van der Waals surface area contributed by atoms with Crippen LogP contribution in [0.3, 0.4) is 0 Å². The molecule has 1 unspecified atom stereocenters. The molecule has 3 rings (SSSR count). The molecule has 0 spiro atoms. The highest BCUT2D eigenvalue weighted by Crippen LogP contribution is 2.41. The molecule has 1 heterocycles. The Kier molecular flexibility index (Phi) is 5.98. The fourth-order valence-electron chi connectivity index (χ4n) is 3.07. The predicted octanol–water partition coefficient (Wildman–Crippen LogP) is 4.46. The average molecular weight is 467 g/mol. The van der Waals surface area contributed by atoms with Crippen molar-refractivity contribution in [1.82, 2.24) is 5.32 Å². The maximum atomic E-state index is 13.1. The van der Waals surface area contributed by atoms with E-state index >= 15 is 0 Å². The third kappa shape index (κ3) is 3.87. The standard InChI is InChI=1S/C20H21BrClN3O3/c1-12(2)9-10-23-18(26)20(28)16-11-13(21)3-8-17(16)24-19(27)25(20)15-6-4-14(22)5-7-15/h3-8,11-12,28H,9-10H2,1-2H3,(H,23,26)(H,24,27). The maximum Gasteiger partial charge on any atom is 0.329 e. The number of aliphatic hydroxyl groups is 1. The molecule has 6 nitrogen and oxygen atoms in total. The molecule has 0 radical (unpaired) electrons. The maximum absolute atomic E-state index is 13.1. The van der Waals surface area contributed by atoms with Crippen molar-refractivity contribution in [2.75, 3.05) is 16.8 Å². The predicted molar refractivity (Wildman–Crippen MR) is 113 cm³/mol. The number of anilines is 2. The van der Waals surface area contributed by atoms with E-state index in [1.54, 1.807) is 42.5 Å². The molecule has 1 aliphatic heterocycles. The highest BCUT2D eigenvalue weighted by Gasteiger charge is 2.52. The summed E-state index contributed by atoms with van der Waals surface area (Å²) in [6.07, 6.45) is 0.750. The number of nitrogens with zero attached hydrogens (tertiary/aromatic N) is 1. The van der Waals surface area contributed by atoms with Crippen molar-refractivity contribution >= 4 is 50.8 Å². The lowest BCUT2D eigenvalue weighted by Crippen LogP contribution is -2.62. The van der Waals surface area contributed by atoms with E-state index in [1.165, 1.54) is 0 Å². The number of rotatable bonds is 5. The van der Waals surface area contributed by atoms with E-state index in [1.807, 2.05) is 13.8 Å². The molecule has 0 aromatic heterocycles. The van der Waals surface area contributed by atoms with E-state index in [2.05, 4.69) is 26.6 Å². The second-order valence-corrected chi connectivity index (χ2v) is 8.39. The van der Waals surface area contributed by atoms with Crippen molar-refractivity contribution in [2.45, 2.75) is 26.0 Å². The van der Waals surface area contributed by atoms with E-state index in [0.29, 0.717) is 33.3 Å². The van der Waals surface area contributed by atoms with Gasteiger partial charge in [-0.15, -0.1) is 0 Å². The summed E-state index contributed by atoms with van der Waals surface area (Å²) < 4.78 is 0.673. The Morgan fingerprint density at radius 3 is 2.61 bits per heavy atom. The van der Waals surface area contributed by atoms with Gasteiger partial charge in [0.25, 0.3) is 11.6 Å². The largest absolute Gasteiger partial charge is 0.359 e. The van der Waals surface area contributed by atoms with E-state index in [9.17, 15) is 14.7 Å². The molecule has 28 heavy (non-hydrogen) atoms. The Bertz CT molecular complexity index is 904. The summed E-state index contributed by atoms with van der Waals surface area (Å²) in [5.41, 5.74) is -1.22. The molecule has 0 aliphatic carbocycles. The van der Waals surface area contributed by atoms with Gasteiger partial charge in [-0.1, -0.05) is 41.4 Å². The van der Waals surface area contributed by atoms with Crippen molar-refractivity contribution in [1.29, 1.82) is 0 Å². The van der Waals surface area contributed by atoms with Crippen LogP contribution in [0.15, 0.2) is 46.9 Å². The average Bonchev–Trinajstić information content (AvgIpc) is 2.63. The lowest BCUT2D eigenvalue weighted by Gasteiger charge is -2.42. The summed E-state index contributed by atoms with van der Waals surface area (Å²) >= 11 is 9.33. The van der Waals surface area contributed by atoms with Gasteiger partial charge in [0.15, 0.2) is 0 Å². The van der Waals surface area contributed by atoms with Gasteiger partial charge < -0.3 is 15.7 Å². The number of urea groups is 1. The van der Waals surface area contributed by atoms with E-state index < -0.39 is 17.7 Å². The summed E-state index contributed by atoms with van der Waals surface area (Å²) in [5, 5.41) is 17.6. The molecule has 148 valence electrons. The van der Waals surface area contributed by atoms with E-state index in [4.69, 9.17) is 11.6 Å². The van der Waals surface area contributed by atoms with Crippen molar-refractivity contribution in [3.05, 3.63) is 57.5 Å². The van der Waals surface area contributed by atoms with Gasteiger partial charge in [-0.05, 0) is 54.8 Å². The van der Waals surface area contributed by atoms with Crippen LogP contribution in [0.1, 0.15) is 25.8 Å². The summed E-state index contributed by atoms with van der Waals surface area (Å²) in [7, 11) is 0. The quantitative estimate of drug-likeness (QED) is 0.608. The molecule has 0 saturated heterocycles. The number of benzene rings is 2. The third-order valence-electron chi connectivity index (χ3n) is 4.53. The first kappa shape index (κ1) is 20.6. The second-order valence-electron chi connectivity index (χ2n) is 7.04. The summed E-state index contributed by atoms with van der Waals surface area (Å²) in [6.45, 7) is 4.47. The molecule has 2 aromatic rings. The molecule has 1 atom stereocenters. The number of nitrogens with one attached hydrogen (secondary N) is 2. The van der Waals surface area contributed by atoms with Crippen molar-refractivity contribution in [3.8, 4) is 0 Å². The first-order chi connectivity index (χ1) is 13.2. The number of hydrogen-bond acceptors (Lipinski definition) is 3. The molecular weight excluding hydrogens is 446 g/mol. The fraction of sp³-hybridized carbons (Fsp3) is 0.300. The van der Waals surface area contributed by atoms with Gasteiger partial charge >= 0.3 is 6.03 Å². The molecule has 1 aliphatic rings. The smallest absolute Gasteiger partial charge is 0.329 e. The zero-order valence-corrected chi connectivity index (χ0v) is 17.8. The van der Waals surface area contributed by atoms with Crippen molar-refractivity contribution in [3.63, 3.8) is 0 Å². The van der Waals surface area contributed by atoms with E-state index in [-0.39, 0.29) is 5.56 Å². The van der Waals surface area contributed by atoms with Gasteiger partial charge in [-0.2, -0.15) is 0 Å². The number of halogens is 2. The number of fused-ring (bicyclic) bond motifs is 1. The van der Waals surface area contributed by atoms with Crippen LogP contribution in [-0.4, -0.2) is 23.6 Å². The molecule has 8 heteroatoms. The van der Waals surface area contributed by atoms with Gasteiger partial charge in [-0.3, -0.25) is 9.69 Å². The third-order valence-corrected chi connectivity index (χ3v) is 5.28. The monoisotopic (exact) mass is 465 g/mol. The van der Waals surface area contributed by atoms with Crippen LogP contribution in [0, 0.1) is 5.92 Å². The van der Waals surface area contributed by atoms with Gasteiger partial charge in [0.2, 0.25) is 0 Å². The Labute approximate surface area is 177 Å². The first-order valence-electron chi connectivity index (χ1n) is 8.91. The number of carbonyl (C=O) groups is 2. The first-order valence-corrected chi connectivity index (χ1v) is 10.1. The summed E-state index contributed by atoms with van der Waals surface area (Å²) in [6, 6.07) is 10.7. The lowest BCUT2D eigenvalue weighted by atomic mass is 9.94. The zero-order valence-electron chi connectivity index (χ0n) is 15.5. The van der Waals surface area contributed by atoms with Gasteiger partial charge in [0, 0.05) is 27.3 Å². The van der Waals surface area contributed by atoms with Crippen LogP contribution in [0.4, 0.5) is 16.2 Å². The highest BCUT2D eigenvalue weighted by atomic mass is 79.9. The van der Waals surface area contributed by atoms with Crippen molar-refractivity contribution < 1.29 is 14.7 Å². The molecule has 2 aromatic carbocycles. The minimum atomic E-state index is -2.22. The van der Waals surface area contributed by atoms with Crippen LogP contribution in [0.2, 0.25) is 5.02 Å². The molecule has 0 bridgehead atoms. The Morgan fingerprint density at radius 2 is 1.96 bits per heavy atom. The SMILES string of the molecule is CC(C)CCNC(=O)C1(O)c2cc(Br)ccc2NC(=O)N1c1ccc(Cl)cc1. The summed E-state index contributed by atoms with van der Waals surface area (Å²) in [5.74, 6) is -0.282. The molecule has 0 fully saturated rings. The van der Waals surface area contributed by atoms with Crippen LogP contribution in [0.25, 0.3) is 0 Å². The second kappa shape index (κ2) is 8.11. The minimum absolute atomic E-state index is 0.276. The Hall–Kier alpha value is -2.09. The number of carbonyl (C=O) groups excluding carboxylic acids is 2. The Morgan fingerprint density at radius 1 is 1.29 bits per heavy atom. The number of amides is 3. The summed E-state index contributed by atoms with van der Waals surface area (Å²) in [4.78, 5) is 27.1. The zero-order chi connectivity index (χ0) is 20.5. The normalized spacial score (nSPS) is 18.6. The molecular formula is C20H21BrClN3O3. The lowest BCUT2D eigenvalue weighted by molar-refractivity contribution is -0.140.